The van der Waals surface area contributed by atoms with Gasteiger partial charge in [0.1, 0.15) is 0 Å². The van der Waals surface area contributed by atoms with E-state index in [9.17, 15) is 14.9 Å². The Hall–Kier alpha value is -2.11. The number of nitrogens with one attached hydrogen (secondary N) is 1. The van der Waals surface area contributed by atoms with E-state index in [1.807, 2.05) is 11.8 Å². The highest BCUT2D eigenvalue weighted by Gasteiger charge is 2.10. The number of rotatable bonds is 10. The third-order valence-corrected chi connectivity index (χ3v) is 3.49. The molecule has 122 valence electrons. The fourth-order valence-corrected chi connectivity index (χ4v) is 2.14. The second kappa shape index (κ2) is 9.76. The van der Waals surface area contributed by atoms with E-state index in [0.29, 0.717) is 13.0 Å². The van der Waals surface area contributed by atoms with Gasteiger partial charge in [-0.1, -0.05) is 13.3 Å². The topological polar surface area (TPSA) is 75.5 Å². The van der Waals surface area contributed by atoms with Crippen LogP contribution in [0, 0.1) is 10.1 Å². The van der Waals surface area contributed by atoms with Gasteiger partial charge in [-0.25, -0.2) is 0 Å². The summed E-state index contributed by atoms with van der Waals surface area (Å²) in [5.74, 6) is 0.196. The molecule has 0 aliphatic rings. The Labute approximate surface area is 131 Å². The molecule has 0 bridgehead atoms. The molecule has 0 unspecified atom stereocenters. The van der Waals surface area contributed by atoms with Crippen molar-refractivity contribution in [3.8, 4) is 0 Å². The van der Waals surface area contributed by atoms with Crippen LogP contribution in [-0.2, 0) is 4.79 Å². The van der Waals surface area contributed by atoms with E-state index in [1.54, 1.807) is 12.1 Å². The molecule has 0 atom stereocenters. The summed E-state index contributed by atoms with van der Waals surface area (Å²) in [5, 5.41) is 13.7. The number of nitro benzene ring substituents is 1. The van der Waals surface area contributed by atoms with Gasteiger partial charge >= 0.3 is 0 Å². The predicted molar refractivity (Wildman–Crippen MR) is 88.0 cm³/mol. The zero-order valence-electron chi connectivity index (χ0n) is 13.4. The van der Waals surface area contributed by atoms with Crippen LogP contribution in [0.25, 0.3) is 0 Å². The standard InChI is InChI=1S/C16H25N3O3/c1-3-5-13-18(4-2)16(20)7-6-12-17-14-8-10-15(11-9-14)19(21)22/h8-11,17H,3-7,12-13H2,1-2H3. The number of benzene rings is 1. The van der Waals surface area contributed by atoms with Gasteiger partial charge < -0.3 is 10.2 Å². The Morgan fingerprint density at radius 1 is 1.23 bits per heavy atom. The SMILES string of the molecule is CCCCN(CC)C(=O)CCCNc1ccc([N+](=O)[O-])cc1. The normalized spacial score (nSPS) is 10.3. The van der Waals surface area contributed by atoms with Gasteiger partial charge in [0.25, 0.3) is 5.69 Å². The Bertz CT molecular complexity index is 474. The van der Waals surface area contributed by atoms with Crippen LogP contribution in [0.15, 0.2) is 24.3 Å². The average Bonchev–Trinajstić information content (AvgIpc) is 2.52. The predicted octanol–water partition coefficient (Wildman–Crippen LogP) is 3.44. The van der Waals surface area contributed by atoms with Crippen molar-refractivity contribution in [3.05, 3.63) is 34.4 Å². The van der Waals surface area contributed by atoms with Crippen molar-refractivity contribution in [2.45, 2.75) is 39.5 Å². The van der Waals surface area contributed by atoms with Crippen LogP contribution in [0.5, 0.6) is 0 Å². The molecule has 6 nitrogen and oxygen atoms in total. The fourth-order valence-electron chi connectivity index (χ4n) is 2.14. The summed E-state index contributed by atoms with van der Waals surface area (Å²) in [5.41, 5.74) is 0.909. The Balaban J connectivity index is 2.29. The average molecular weight is 307 g/mol. The smallest absolute Gasteiger partial charge is 0.269 e. The van der Waals surface area contributed by atoms with Gasteiger partial charge in [0.2, 0.25) is 5.91 Å². The van der Waals surface area contributed by atoms with E-state index in [-0.39, 0.29) is 11.6 Å². The van der Waals surface area contributed by atoms with E-state index in [2.05, 4.69) is 12.2 Å². The van der Waals surface area contributed by atoms with Crippen LogP contribution in [0.4, 0.5) is 11.4 Å². The van der Waals surface area contributed by atoms with Gasteiger partial charge in [-0.05, 0) is 31.9 Å². The largest absolute Gasteiger partial charge is 0.385 e. The first-order chi connectivity index (χ1) is 10.6. The maximum Gasteiger partial charge on any atom is 0.269 e. The van der Waals surface area contributed by atoms with Crippen molar-refractivity contribution in [2.24, 2.45) is 0 Å². The first-order valence-corrected chi connectivity index (χ1v) is 7.84. The van der Waals surface area contributed by atoms with E-state index < -0.39 is 4.92 Å². The zero-order chi connectivity index (χ0) is 16.4. The Kier molecular flexibility index (Phi) is 7.96. The third kappa shape index (κ3) is 6.11. The number of non-ortho nitro benzene ring substituents is 1. The second-order valence-electron chi connectivity index (χ2n) is 5.16. The monoisotopic (exact) mass is 307 g/mol. The van der Waals surface area contributed by atoms with Crippen LogP contribution < -0.4 is 5.32 Å². The quantitative estimate of drug-likeness (QED) is 0.408. The van der Waals surface area contributed by atoms with Gasteiger partial charge in [-0.3, -0.25) is 14.9 Å². The van der Waals surface area contributed by atoms with Gasteiger partial charge in [0.05, 0.1) is 4.92 Å². The molecule has 0 saturated carbocycles. The van der Waals surface area contributed by atoms with Gasteiger partial charge in [0.15, 0.2) is 0 Å². The maximum absolute atomic E-state index is 12.0. The summed E-state index contributed by atoms with van der Waals surface area (Å²) >= 11 is 0. The van der Waals surface area contributed by atoms with E-state index >= 15 is 0 Å². The lowest BCUT2D eigenvalue weighted by Crippen LogP contribution is -2.31. The van der Waals surface area contributed by atoms with Crippen molar-refractivity contribution < 1.29 is 9.72 Å². The minimum Gasteiger partial charge on any atom is -0.385 e. The number of amides is 1. The van der Waals surface area contributed by atoms with Gasteiger partial charge in [0, 0.05) is 43.9 Å². The highest BCUT2D eigenvalue weighted by atomic mass is 16.6. The molecule has 1 rings (SSSR count). The van der Waals surface area contributed by atoms with Crippen molar-refractivity contribution >= 4 is 17.3 Å². The minimum absolute atomic E-state index is 0.0789. The van der Waals surface area contributed by atoms with Crippen molar-refractivity contribution in [2.75, 3.05) is 25.0 Å². The highest BCUT2D eigenvalue weighted by Crippen LogP contribution is 2.15. The summed E-state index contributed by atoms with van der Waals surface area (Å²) in [6, 6.07) is 6.30. The fraction of sp³-hybridized carbons (Fsp3) is 0.562. The molecular formula is C16H25N3O3. The number of unbranched alkanes of at least 4 members (excludes halogenated alkanes) is 1. The Morgan fingerprint density at radius 2 is 1.91 bits per heavy atom. The maximum atomic E-state index is 12.0. The molecule has 1 aromatic rings. The first kappa shape index (κ1) is 17.9. The molecule has 0 aromatic heterocycles. The molecular weight excluding hydrogens is 282 g/mol. The summed E-state index contributed by atoms with van der Waals surface area (Å²) in [6.45, 7) is 6.39. The molecule has 1 N–H and O–H groups in total. The molecule has 0 saturated heterocycles. The van der Waals surface area contributed by atoms with Crippen LogP contribution in [0.3, 0.4) is 0 Å². The van der Waals surface area contributed by atoms with E-state index in [1.165, 1.54) is 12.1 Å². The van der Waals surface area contributed by atoms with Crippen LogP contribution in [-0.4, -0.2) is 35.4 Å². The number of nitrogens with zero attached hydrogens (tertiary/aromatic N) is 2. The molecule has 0 aliphatic carbocycles. The van der Waals surface area contributed by atoms with Crippen molar-refractivity contribution in [1.29, 1.82) is 0 Å². The van der Waals surface area contributed by atoms with Gasteiger partial charge in [-0.2, -0.15) is 0 Å². The van der Waals surface area contributed by atoms with Gasteiger partial charge in [-0.15, -0.1) is 0 Å². The summed E-state index contributed by atoms with van der Waals surface area (Å²) in [4.78, 5) is 24.1. The van der Waals surface area contributed by atoms with E-state index in [4.69, 9.17) is 0 Å². The molecule has 0 radical (unpaired) electrons. The molecule has 1 amide bonds. The van der Waals surface area contributed by atoms with Crippen LogP contribution in [0.2, 0.25) is 0 Å². The second-order valence-corrected chi connectivity index (χ2v) is 5.16. The molecule has 0 heterocycles. The number of nitro groups is 1. The lowest BCUT2D eigenvalue weighted by molar-refractivity contribution is -0.384. The Morgan fingerprint density at radius 3 is 2.45 bits per heavy atom. The molecule has 1 aromatic carbocycles. The number of carbonyl (C=O) groups is 1. The molecule has 22 heavy (non-hydrogen) atoms. The number of hydrogen-bond acceptors (Lipinski definition) is 4. The lowest BCUT2D eigenvalue weighted by Gasteiger charge is -2.20. The highest BCUT2D eigenvalue weighted by molar-refractivity contribution is 5.76. The summed E-state index contributed by atoms with van der Waals surface area (Å²) < 4.78 is 0. The van der Waals surface area contributed by atoms with E-state index in [0.717, 1.165) is 38.0 Å². The lowest BCUT2D eigenvalue weighted by atomic mass is 10.2. The minimum atomic E-state index is -0.419. The first-order valence-electron chi connectivity index (χ1n) is 7.84. The number of anilines is 1. The molecule has 0 aliphatic heterocycles. The molecule has 6 heteroatoms. The summed E-state index contributed by atoms with van der Waals surface area (Å²) in [7, 11) is 0. The van der Waals surface area contributed by atoms with Crippen molar-refractivity contribution in [1.82, 2.24) is 4.90 Å². The number of hydrogen-bond donors (Lipinski definition) is 1. The molecule has 0 spiro atoms. The number of carbonyl (C=O) groups excluding carboxylic acids is 1. The molecule has 0 fully saturated rings. The van der Waals surface area contributed by atoms with Crippen LogP contribution in [0.1, 0.15) is 39.5 Å². The van der Waals surface area contributed by atoms with Crippen molar-refractivity contribution in [3.63, 3.8) is 0 Å². The zero-order valence-corrected chi connectivity index (χ0v) is 13.4. The van der Waals surface area contributed by atoms with Crippen LogP contribution >= 0.6 is 0 Å². The third-order valence-electron chi connectivity index (χ3n) is 3.49. The summed E-state index contributed by atoms with van der Waals surface area (Å²) in [6.07, 6.45) is 3.40.